The smallest absolute Gasteiger partial charge is 0.216 e. The molecule has 1 unspecified atom stereocenters. The zero-order valence-electron chi connectivity index (χ0n) is 9.55. The van der Waals surface area contributed by atoms with E-state index in [9.17, 15) is 4.79 Å². The molecule has 1 aliphatic rings. The average molecular weight is 217 g/mol. The Balaban J connectivity index is 1.86. The number of anilines is 1. The van der Waals surface area contributed by atoms with Crippen molar-refractivity contribution < 1.29 is 4.79 Å². The van der Waals surface area contributed by atoms with Crippen molar-refractivity contribution in [2.75, 3.05) is 11.9 Å². The fourth-order valence-corrected chi connectivity index (χ4v) is 2.08. The third kappa shape index (κ3) is 2.75. The summed E-state index contributed by atoms with van der Waals surface area (Å²) in [6.45, 7) is 2.30. The summed E-state index contributed by atoms with van der Waals surface area (Å²) in [7, 11) is 0. The predicted molar refractivity (Wildman–Crippen MR) is 64.3 cm³/mol. The van der Waals surface area contributed by atoms with Gasteiger partial charge in [0.05, 0.1) is 0 Å². The highest BCUT2D eigenvalue weighted by Crippen LogP contribution is 2.24. The number of amides is 1. The van der Waals surface area contributed by atoms with Gasteiger partial charge in [0.2, 0.25) is 5.91 Å². The summed E-state index contributed by atoms with van der Waals surface area (Å²) in [5.41, 5.74) is 2.57. The number of fused-ring (bicyclic) bond motifs is 1. The van der Waals surface area contributed by atoms with Crippen LogP contribution in [0.2, 0.25) is 0 Å². The third-order valence-electron chi connectivity index (χ3n) is 2.94. The molecule has 0 spiro atoms. The SMILES string of the molecule is CC(=O)NCCC1CCc2cc[c]cc2N1. The van der Waals surface area contributed by atoms with Crippen LogP contribution in [0.15, 0.2) is 18.2 Å². The molecule has 0 saturated heterocycles. The Labute approximate surface area is 96.2 Å². The van der Waals surface area contributed by atoms with E-state index >= 15 is 0 Å². The van der Waals surface area contributed by atoms with Gasteiger partial charge < -0.3 is 10.6 Å². The number of nitrogens with one attached hydrogen (secondary N) is 2. The Morgan fingerprint density at radius 1 is 1.69 bits per heavy atom. The minimum absolute atomic E-state index is 0.0459. The molecule has 3 nitrogen and oxygen atoms in total. The average Bonchev–Trinajstić information content (AvgIpc) is 2.28. The fraction of sp³-hybridized carbons (Fsp3) is 0.462. The van der Waals surface area contributed by atoms with E-state index in [1.165, 1.54) is 11.3 Å². The molecule has 2 N–H and O–H groups in total. The number of carbonyl (C=O) groups excluding carboxylic acids is 1. The zero-order chi connectivity index (χ0) is 11.4. The summed E-state index contributed by atoms with van der Waals surface area (Å²) in [6, 6.07) is 9.62. The van der Waals surface area contributed by atoms with Gasteiger partial charge in [-0.15, -0.1) is 0 Å². The molecule has 1 aliphatic heterocycles. The third-order valence-corrected chi connectivity index (χ3v) is 2.94. The van der Waals surface area contributed by atoms with Gasteiger partial charge in [-0.2, -0.15) is 0 Å². The van der Waals surface area contributed by atoms with Crippen molar-refractivity contribution in [2.24, 2.45) is 0 Å². The van der Waals surface area contributed by atoms with Crippen LogP contribution in [0.3, 0.4) is 0 Å². The van der Waals surface area contributed by atoms with Crippen LogP contribution >= 0.6 is 0 Å². The summed E-state index contributed by atoms with van der Waals surface area (Å²) in [5.74, 6) is 0.0459. The fourth-order valence-electron chi connectivity index (χ4n) is 2.08. The number of benzene rings is 1. The Hall–Kier alpha value is -1.51. The second kappa shape index (κ2) is 5.01. The minimum atomic E-state index is 0.0459. The molecular weight excluding hydrogens is 200 g/mol. The summed E-state index contributed by atoms with van der Waals surface area (Å²) in [5, 5.41) is 6.32. The van der Waals surface area contributed by atoms with Crippen LogP contribution in [0.1, 0.15) is 25.3 Å². The second-order valence-electron chi connectivity index (χ2n) is 4.23. The molecule has 3 heteroatoms. The number of hydrogen-bond donors (Lipinski definition) is 2. The lowest BCUT2D eigenvalue weighted by molar-refractivity contribution is -0.118. The largest absolute Gasteiger partial charge is 0.382 e. The highest BCUT2D eigenvalue weighted by molar-refractivity contribution is 5.72. The topological polar surface area (TPSA) is 41.1 Å². The first-order valence-corrected chi connectivity index (χ1v) is 5.75. The molecule has 0 bridgehead atoms. The lowest BCUT2D eigenvalue weighted by Crippen LogP contribution is -2.31. The highest BCUT2D eigenvalue weighted by atomic mass is 16.1. The van der Waals surface area contributed by atoms with Crippen molar-refractivity contribution in [1.82, 2.24) is 5.32 Å². The standard InChI is InChI=1S/C13H17N2O/c1-10(16)14-9-8-12-7-6-11-4-2-3-5-13(11)15-12/h2,4-5,12,15H,6-9H2,1H3,(H,14,16). The van der Waals surface area contributed by atoms with Crippen molar-refractivity contribution in [3.63, 3.8) is 0 Å². The molecule has 1 radical (unpaired) electrons. The number of rotatable bonds is 3. The van der Waals surface area contributed by atoms with Crippen molar-refractivity contribution >= 4 is 11.6 Å². The monoisotopic (exact) mass is 217 g/mol. The molecule has 0 fully saturated rings. The van der Waals surface area contributed by atoms with Crippen LogP contribution in [-0.4, -0.2) is 18.5 Å². The van der Waals surface area contributed by atoms with Gasteiger partial charge in [-0.1, -0.05) is 12.1 Å². The van der Waals surface area contributed by atoms with E-state index in [0.717, 1.165) is 25.8 Å². The van der Waals surface area contributed by atoms with Gasteiger partial charge in [0.1, 0.15) is 0 Å². The van der Waals surface area contributed by atoms with Crippen LogP contribution in [0, 0.1) is 6.07 Å². The van der Waals surface area contributed by atoms with Crippen molar-refractivity contribution in [2.45, 2.75) is 32.2 Å². The molecule has 1 amide bonds. The maximum Gasteiger partial charge on any atom is 0.216 e. The molecule has 1 aromatic rings. The maximum absolute atomic E-state index is 10.7. The van der Waals surface area contributed by atoms with Crippen LogP contribution < -0.4 is 10.6 Å². The molecule has 2 rings (SSSR count). The van der Waals surface area contributed by atoms with Gasteiger partial charge in [-0.25, -0.2) is 0 Å². The van der Waals surface area contributed by atoms with Crippen LogP contribution in [0.25, 0.3) is 0 Å². The lowest BCUT2D eigenvalue weighted by atomic mass is 9.96. The molecule has 1 aromatic carbocycles. The van der Waals surface area contributed by atoms with Gasteiger partial charge >= 0.3 is 0 Å². The van der Waals surface area contributed by atoms with Gasteiger partial charge in [0, 0.05) is 25.2 Å². The molecule has 16 heavy (non-hydrogen) atoms. The van der Waals surface area contributed by atoms with E-state index < -0.39 is 0 Å². The molecule has 0 aromatic heterocycles. The van der Waals surface area contributed by atoms with Crippen LogP contribution in [0.5, 0.6) is 0 Å². The van der Waals surface area contributed by atoms with E-state index in [4.69, 9.17) is 0 Å². The Kier molecular flexibility index (Phi) is 3.44. The summed E-state index contributed by atoms with van der Waals surface area (Å²) in [6.07, 6.45) is 3.23. The van der Waals surface area contributed by atoms with E-state index in [1.54, 1.807) is 6.92 Å². The van der Waals surface area contributed by atoms with Gasteiger partial charge in [-0.3, -0.25) is 4.79 Å². The Morgan fingerprint density at radius 2 is 2.56 bits per heavy atom. The summed E-state index contributed by atoms with van der Waals surface area (Å²) < 4.78 is 0. The van der Waals surface area contributed by atoms with Crippen molar-refractivity contribution in [3.05, 3.63) is 29.8 Å². The van der Waals surface area contributed by atoms with E-state index in [0.29, 0.717) is 6.04 Å². The first-order chi connectivity index (χ1) is 7.75. The van der Waals surface area contributed by atoms with E-state index in [-0.39, 0.29) is 5.91 Å². The number of aryl methyl sites for hydroxylation is 1. The Bertz CT molecular complexity index is 376. The normalized spacial score (nSPS) is 18.4. The van der Waals surface area contributed by atoms with E-state index in [2.05, 4.69) is 22.8 Å². The number of hydrogen-bond acceptors (Lipinski definition) is 2. The lowest BCUT2D eigenvalue weighted by Gasteiger charge is -2.26. The van der Waals surface area contributed by atoms with Crippen LogP contribution in [-0.2, 0) is 11.2 Å². The van der Waals surface area contributed by atoms with Gasteiger partial charge in [0.25, 0.3) is 0 Å². The summed E-state index contributed by atoms with van der Waals surface area (Å²) in [4.78, 5) is 10.7. The maximum atomic E-state index is 10.7. The molecule has 0 aliphatic carbocycles. The highest BCUT2D eigenvalue weighted by Gasteiger charge is 2.16. The quantitative estimate of drug-likeness (QED) is 0.809. The van der Waals surface area contributed by atoms with Crippen molar-refractivity contribution in [3.8, 4) is 0 Å². The van der Waals surface area contributed by atoms with Gasteiger partial charge in [0.15, 0.2) is 0 Å². The first kappa shape index (κ1) is 11.0. The molecule has 1 heterocycles. The molecule has 1 atom stereocenters. The summed E-state index contributed by atoms with van der Waals surface area (Å²) >= 11 is 0. The van der Waals surface area contributed by atoms with Gasteiger partial charge in [-0.05, 0) is 37.0 Å². The zero-order valence-corrected chi connectivity index (χ0v) is 9.55. The second-order valence-corrected chi connectivity index (χ2v) is 4.23. The van der Waals surface area contributed by atoms with Crippen LogP contribution in [0.4, 0.5) is 5.69 Å². The molecule has 85 valence electrons. The predicted octanol–water partition coefficient (Wildman–Crippen LogP) is 1.74. The molecular formula is C13H17N2O. The van der Waals surface area contributed by atoms with Crippen molar-refractivity contribution in [1.29, 1.82) is 0 Å². The van der Waals surface area contributed by atoms with E-state index in [1.807, 2.05) is 12.1 Å². The number of carbonyl (C=O) groups is 1. The molecule has 0 saturated carbocycles. The minimum Gasteiger partial charge on any atom is -0.382 e. The first-order valence-electron chi connectivity index (χ1n) is 5.75. The Morgan fingerprint density at radius 3 is 3.38 bits per heavy atom.